The zero-order chi connectivity index (χ0) is 10.3. The molecule has 1 heterocycles. The number of hydrogen-bond donors (Lipinski definition) is 0. The second-order valence-corrected chi connectivity index (χ2v) is 6.21. The van der Waals surface area contributed by atoms with Crippen LogP contribution in [0.2, 0.25) is 0 Å². The van der Waals surface area contributed by atoms with Crippen molar-refractivity contribution >= 4 is 38.4 Å². The van der Waals surface area contributed by atoms with Crippen molar-refractivity contribution in [1.82, 2.24) is 4.37 Å². The molecule has 1 atom stereocenters. The van der Waals surface area contributed by atoms with E-state index in [4.69, 9.17) is 0 Å². The maximum Gasteiger partial charge on any atom is 0.0843 e. The summed E-state index contributed by atoms with van der Waals surface area (Å²) in [5.74, 6) is 0.908. The van der Waals surface area contributed by atoms with Crippen LogP contribution in [0.4, 0.5) is 0 Å². The highest BCUT2D eigenvalue weighted by molar-refractivity contribution is 9.09. The van der Waals surface area contributed by atoms with E-state index in [2.05, 4.69) is 44.6 Å². The molecule has 0 radical (unpaired) electrons. The fourth-order valence-corrected chi connectivity index (χ4v) is 3.85. The smallest absolute Gasteiger partial charge is 0.0843 e. The number of alkyl halides is 1. The molecule has 3 heteroatoms. The lowest BCUT2D eigenvalue weighted by atomic mass is 10.1. The van der Waals surface area contributed by atoms with Gasteiger partial charge in [0.15, 0.2) is 0 Å². The number of fused-ring (bicyclic) bond motifs is 1. The Morgan fingerprint density at radius 1 is 1.40 bits per heavy atom. The molecule has 1 aliphatic carbocycles. The fourth-order valence-electron chi connectivity index (χ4n) is 1.89. The van der Waals surface area contributed by atoms with Gasteiger partial charge in [-0.25, -0.2) is 0 Å². The molecule has 0 aliphatic heterocycles. The van der Waals surface area contributed by atoms with Gasteiger partial charge in [-0.15, -0.1) is 0 Å². The average molecular weight is 282 g/mol. The van der Waals surface area contributed by atoms with Crippen LogP contribution >= 0.6 is 27.5 Å². The molecule has 15 heavy (non-hydrogen) atoms. The monoisotopic (exact) mass is 281 g/mol. The lowest BCUT2D eigenvalue weighted by molar-refractivity contribution is 0.770. The molecule has 1 unspecified atom stereocenters. The minimum atomic E-state index is 0.654. The van der Waals surface area contributed by atoms with E-state index in [-0.39, 0.29) is 0 Å². The summed E-state index contributed by atoms with van der Waals surface area (Å²) in [5.41, 5.74) is 1.15. The van der Waals surface area contributed by atoms with Gasteiger partial charge in [-0.1, -0.05) is 34.1 Å². The van der Waals surface area contributed by atoms with Crippen molar-refractivity contribution in [2.75, 3.05) is 0 Å². The van der Waals surface area contributed by atoms with E-state index in [1.165, 1.54) is 23.1 Å². The maximum absolute atomic E-state index is 4.47. The number of halogens is 1. The van der Waals surface area contributed by atoms with Gasteiger partial charge >= 0.3 is 0 Å². The molecule has 1 saturated carbocycles. The molecule has 0 spiro atoms. The first-order chi connectivity index (χ1) is 7.34. The molecule has 1 aliphatic rings. The Bertz CT molecular complexity index is 475. The molecule has 1 nitrogen and oxygen atoms in total. The van der Waals surface area contributed by atoms with Gasteiger partial charge in [-0.05, 0) is 42.8 Å². The van der Waals surface area contributed by atoms with Crippen LogP contribution in [0.3, 0.4) is 0 Å². The van der Waals surface area contributed by atoms with Crippen LogP contribution in [0, 0.1) is 5.92 Å². The molecule has 0 bridgehead atoms. The van der Waals surface area contributed by atoms with Gasteiger partial charge in [0.2, 0.25) is 0 Å². The van der Waals surface area contributed by atoms with Crippen LogP contribution in [-0.2, 0) is 6.42 Å². The maximum atomic E-state index is 4.47. The lowest BCUT2D eigenvalue weighted by Crippen LogP contribution is -2.03. The standard InChI is InChI=1S/C12H12BrNS/c13-10(8-5-6-8)7-12-9-3-1-2-4-11(9)14-15-12/h1-4,8,10H,5-7H2. The highest BCUT2D eigenvalue weighted by atomic mass is 79.9. The van der Waals surface area contributed by atoms with Crippen molar-refractivity contribution in [3.8, 4) is 0 Å². The van der Waals surface area contributed by atoms with Crippen molar-refractivity contribution in [2.45, 2.75) is 24.1 Å². The molecule has 2 aromatic rings. The number of nitrogens with zero attached hydrogens (tertiary/aromatic N) is 1. The summed E-state index contributed by atoms with van der Waals surface area (Å²) in [6.45, 7) is 0. The number of benzene rings is 1. The van der Waals surface area contributed by atoms with E-state index in [0.717, 1.165) is 17.9 Å². The van der Waals surface area contributed by atoms with Crippen LogP contribution < -0.4 is 0 Å². The molecule has 0 amide bonds. The van der Waals surface area contributed by atoms with Crippen LogP contribution in [0.15, 0.2) is 24.3 Å². The minimum Gasteiger partial charge on any atom is -0.192 e. The van der Waals surface area contributed by atoms with Gasteiger partial charge in [0, 0.05) is 15.1 Å². The molecule has 3 rings (SSSR count). The first kappa shape index (κ1) is 9.79. The molecule has 0 saturated heterocycles. The van der Waals surface area contributed by atoms with E-state index in [0.29, 0.717) is 4.83 Å². The Morgan fingerprint density at radius 3 is 3.00 bits per heavy atom. The summed E-state index contributed by atoms with van der Waals surface area (Å²) >= 11 is 5.45. The Hall–Kier alpha value is -0.410. The highest BCUT2D eigenvalue weighted by Gasteiger charge is 2.29. The summed E-state index contributed by atoms with van der Waals surface area (Å²) in [7, 11) is 0. The van der Waals surface area contributed by atoms with Crippen LogP contribution in [-0.4, -0.2) is 9.20 Å². The second-order valence-electron chi connectivity index (χ2n) is 4.18. The second kappa shape index (κ2) is 3.87. The summed E-state index contributed by atoms with van der Waals surface area (Å²) in [4.78, 5) is 2.08. The fraction of sp³-hybridized carbons (Fsp3) is 0.417. The van der Waals surface area contributed by atoms with Crippen molar-refractivity contribution in [2.24, 2.45) is 5.92 Å². The summed E-state index contributed by atoms with van der Waals surface area (Å²) in [5, 5.41) is 1.34. The predicted octanol–water partition coefficient (Wildman–Crippen LogP) is 4.01. The average Bonchev–Trinajstić information content (AvgIpc) is 3.03. The van der Waals surface area contributed by atoms with Gasteiger partial charge in [-0.2, -0.15) is 4.37 Å². The van der Waals surface area contributed by atoms with Crippen molar-refractivity contribution in [1.29, 1.82) is 0 Å². The van der Waals surface area contributed by atoms with Gasteiger partial charge in [-0.3, -0.25) is 0 Å². The van der Waals surface area contributed by atoms with Crippen LogP contribution in [0.5, 0.6) is 0 Å². The first-order valence-electron chi connectivity index (χ1n) is 5.32. The number of aromatic nitrogens is 1. The highest BCUT2D eigenvalue weighted by Crippen LogP contribution is 2.39. The quantitative estimate of drug-likeness (QED) is 0.775. The van der Waals surface area contributed by atoms with Crippen molar-refractivity contribution < 1.29 is 0 Å². The Kier molecular flexibility index (Phi) is 2.53. The third-order valence-electron chi connectivity index (χ3n) is 2.97. The van der Waals surface area contributed by atoms with E-state index < -0.39 is 0 Å². The Labute approximate surface area is 102 Å². The largest absolute Gasteiger partial charge is 0.192 e. The molecule has 1 aromatic heterocycles. The van der Waals surface area contributed by atoms with E-state index in [9.17, 15) is 0 Å². The Morgan fingerprint density at radius 2 is 2.20 bits per heavy atom. The zero-order valence-electron chi connectivity index (χ0n) is 8.32. The van der Waals surface area contributed by atoms with Crippen molar-refractivity contribution in [3.05, 3.63) is 29.1 Å². The van der Waals surface area contributed by atoms with E-state index in [1.54, 1.807) is 11.5 Å². The molecule has 0 N–H and O–H groups in total. The van der Waals surface area contributed by atoms with E-state index in [1.807, 2.05) is 0 Å². The zero-order valence-corrected chi connectivity index (χ0v) is 10.7. The van der Waals surface area contributed by atoms with Crippen LogP contribution in [0.1, 0.15) is 17.7 Å². The lowest BCUT2D eigenvalue weighted by Gasteiger charge is -2.05. The SMILES string of the molecule is BrC(Cc1snc2ccccc12)C1CC1. The first-order valence-corrected chi connectivity index (χ1v) is 7.01. The van der Waals surface area contributed by atoms with Gasteiger partial charge in [0.1, 0.15) is 0 Å². The van der Waals surface area contributed by atoms with Gasteiger partial charge in [0.05, 0.1) is 5.52 Å². The molecular formula is C12H12BrNS. The number of rotatable bonds is 3. The van der Waals surface area contributed by atoms with Crippen LogP contribution in [0.25, 0.3) is 10.9 Å². The third kappa shape index (κ3) is 1.95. The molecular weight excluding hydrogens is 270 g/mol. The minimum absolute atomic E-state index is 0.654. The van der Waals surface area contributed by atoms with Gasteiger partial charge in [0.25, 0.3) is 0 Å². The van der Waals surface area contributed by atoms with Gasteiger partial charge < -0.3 is 0 Å². The predicted molar refractivity (Wildman–Crippen MR) is 68.8 cm³/mol. The third-order valence-corrected chi connectivity index (χ3v) is 4.94. The normalized spacial score (nSPS) is 18.2. The molecule has 1 fully saturated rings. The van der Waals surface area contributed by atoms with Crippen molar-refractivity contribution in [3.63, 3.8) is 0 Å². The topological polar surface area (TPSA) is 12.9 Å². The summed E-state index contributed by atoms with van der Waals surface area (Å²) in [6.07, 6.45) is 3.93. The molecule has 78 valence electrons. The molecule has 1 aromatic carbocycles. The Balaban J connectivity index is 1.90. The van der Waals surface area contributed by atoms with E-state index >= 15 is 0 Å². The summed E-state index contributed by atoms with van der Waals surface area (Å²) in [6, 6.07) is 8.43. The summed E-state index contributed by atoms with van der Waals surface area (Å²) < 4.78 is 4.47. The number of hydrogen-bond acceptors (Lipinski definition) is 2.